The van der Waals surface area contributed by atoms with E-state index in [1.807, 2.05) is 4.90 Å². The molecule has 2 aromatic heterocycles. The number of halogens is 4. The van der Waals surface area contributed by atoms with Crippen LogP contribution in [0.15, 0.2) is 53.1 Å². The van der Waals surface area contributed by atoms with E-state index in [1.165, 1.54) is 12.1 Å². The monoisotopic (exact) mass is 481 g/mol. The number of ether oxygens (including phenoxy) is 1. The summed E-state index contributed by atoms with van der Waals surface area (Å²) in [6, 6.07) is 11.2. The Balaban J connectivity index is 1.75. The highest BCUT2D eigenvalue weighted by Crippen LogP contribution is 2.33. The number of benzene rings is 1. The Hall–Kier alpha value is -2.92. The Morgan fingerprint density at radius 2 is 2.03 bits per heavy atom. The third kappa shape index (κ3) is 4.79. The lowest BCUT2D eigenvalue weighted by molar-refractivity contribution is -0.274. The van der Waals surface area contributed by atoms with Crippen molar-refractivity contribution in [1.29, 1.82) is 0 Å². The number of hydrogen-bond donors (Lipinski definition) is 1. The molecule has 3 heterocycles. The Morgan fingerprint density at radius 1 is 1.20 bits per heavy atom. The van der Waals surface area contributed by atoms with Gasteiger partial charge in [-0.3, -0.25) is 9.69 Å². The Labute approximate surface area is 177 Å². The lowest BCUT2D eigenvalue weighted by atomic mass is 10.1. The molecule has 7 nitrogen and oxygen atoms in total. The second-order valence-corrected chi connectivity index (χ2v) is 7.50. The molecule has 1 aliphatic heterocycles. The summed E-state index contributed by atoms with van der Waals surface area (Å²) in [5, 5.41) is 7.30. The zero-order valence-corrected chi connectivity index (χ0v) is 16.9. The van der Waals surface area contributed by atoms with Crippen LogP contribution in [0.2, 0.25) is 0 Å². The molecule has 156 valence electrons. The third-order valence-electron chi connectivity index (χ3n) is 4.28. The maximum atomic E-state index is 12.7. The van der Waals surface area contributed by atoms with Crippen LogP contribution in [-0.2, 0) is 11.3 Å². The molecule has 1 amide bonds. The summed E-state index contributed by atoms with van der Waals surface area (Å²) < 4.78 is 44.2. The van der Waals surface area contributed by atoms with Crippen molar-refractivity contribution in [2.75, 3.05) is 13.2 Å². The molecule has 4 rings (SSSR count). The minimum atomic E-state index is -4.81. The fraction of sp³-hybridized carbons (Fsp3) is 0.211. The van der Waals surface area contributed by atoms with E-state index in [-0.39, 0.29) is 18.2 Å². The predicted octanol–water partition coefficient (Wildman–Crippen LogP) is 3.48. The Kier molecular flexibility index (Phi) is 5.48. The first-order valence-corrected chi connectivity index (χ1v) is 9.62. The minimum absolute atomic E-state index is 0.0692. The van der Waals surface area contributed by atoms with Crippen molar-refractivity contribution in [3.63, 3.8) is 0 Å². The molecular weight excluding hydrogens is 467 g/mol. The zero-order chi connectivity index (χ0) is 21.3. The van der Waals surface area contributed by atoms with Crippen molar-refractivity contribution in [3.05, 3.63) is 58.8 Å². The average molecular weight is 482 g/mol. The van der Waals surface area contributed by atoms with Gasteiger partial charge in [0.05, 0.1) is 24.6 Å². The van der Waals surface area contributed by atoms with Crippen LogP contribution in [0, 0.1) is 0 Å². The predicted molar refractivity (Wildman–Crippen MR) is 105 cm³/mol. The molecule has 0 bridgehead atoms. The quantitative estimate of drug-likeness (QED) is 0.603. The molecular formula is C19H15BrF3N5O2. The van der Waals surface area contributed by atoms with Crippen LogP contribution in [0.5, 0.6) is 5.75 Å². The zero-order valence-electron chi connectivity index (χ0n) is 15.4. The van der Waals surface area contributed by atoms with Gasteiger partial charge in [-0.1, -0.05) is 22.0 Å². The van der Waals surface area contributed by atoms with E-state index in [0.29, 0.717) is 40.5 Å². The largest absolute Gasteiger partial charge is 0.573 e. The summed E-state index contributed by atoms with van der Waals surface area (Å²) in [6.07, 6.45) is -3.21. The molecule has 1 N–H and O–H groups in total. The van der Waals surface area contributed by atoms with Gasteiger partial charge in [-0.05, 0) is 36.4 Å². The lowest BCUT2D eigenvalue weighted by Crippen LogP contribution is -2.21. The number of amides is 1. The van der Waals surface area contributed by atoms with E-state index in [0.717, 1.165) is 0 Å². The van der Waals surface area contributed by atoms with Gasteiger partial charge in [0.2, 0.25) is 5.91 Å². The lowest BCUT2D eigenvalue weighted by Gasteiger charge is -2.12. The van der Waals surface area contributed by atoms with Gasteiger partial charge in [-0.25, -0.2) is 9.67 Å². The maximum absolute atomic E-state index is 12.7. The van der Waals surface area contributed by atoms with Crippen LogP contribution in [-0.4, -0.2) is 45.1 Å². The number of carbonyl (C=O) groups excluding carboxylic acids is 1. The molecule has 11 heteroatoms. The molecule has 1 aromatic carbocycles. The smallest absolute Gasteiger partial charge is 0.406 e. The van der Waals surface area contributed by atoms with E-state index in [1.54, 1.807) is 41.2 Å². The molecule has 0 unspecified atom stereocenters. The maximum Gasteiger partial charge on any atom is 0.573 e. The van der Waals surface area contributed by atoms with Gasteiger partial charge in [0.15, 0.2) is 5.82 Å². The van der Waals surface area contributed by atoms with Gasteiger partial charge < -0.3 is 10.1 Å². The van der Waals surface area contributed by atoms with E-state index in [2.05, 4.69) is 36.1 Å². The van der Waals surface area contributed by atoms with Crippen molar-refractivity contribution in [1.82, 2.24) is 25.0 Å². The third-order valence-corrected chi connectivity index (χ3v) is 4.74. The van der Waals surface area contributed by atoms with Gasteiger partial charge in [0, 0.05) is 22.8 Å². The summed E-state index contributed by atoms with van der Waals surface area (Å²) in [6.45, 7) is 1.06. The molecule has 1 saturated heterocycles. The summed E-state index contributed by atoms with van der Waals surface area (Å²) in [7, 11) is 0. The van der Waals surface area contributed by atoms with Crippen molar-refractivity contribution in [2.24, 2.45) is 0 Å². The molecule has 3 aromatic rings. The first-order valence-electron chi connectivity index (χ1n) is 8.83. The normalized spacial score (nSPS) is 14.7. The number of alkyl halides is 3. The standard InChI is InChI=1S/C19H15BrF3N5O2/c20-13-5-12(6-15(7-13)30-19(21,22)23)16-8-14(9-27-10-18(29)25-11-27)26-28(16)17-3-1-2-4-24-17/h1-8H,9-11H2,(H,25,29). The van der Waals surface area contributed by atoms with E-state index >= 15 is 0 Å². The number of nitrogens with zero attached hydrogens (tertiary/aromatic N) is 4. The van der Waals surface area contributed by atoms with Crippen LogP contribution in [0.25, 0.3) is 17.1 Å². The minimum Gasteiger partial charge on any atom is -0.406 e. The molecule has 1 aliphatic rings. The molecule has 0 atom stereocenters. The van der Waals surface area contributed by atoms with Crippen molar-refractivity contribution < 1.29 is 22.7 Å². The fourth-order valence-corrected chi connectivity index (χ4v) is 3.60. The number of nitrogens with one attached hydrogen (secondary N) is 1. The van der Waals surface area contributed by atoms with Gasteiger partial charge in [0.25, 0.3) is 0 Å². The first kappa shape index (κ1) is 20.4. The van der Waals surface area contributed by atoms with Crippen LogP contribution >= 0.6 is 15.9 Å². The van der Waals surface area contributed by atoms with Crippen molar-refractivity contribution in [3.8, 4) is 22.8 Å². The molecule has 0 saturated carbocycles. The second kappa shape index (κ2) is 8.07. The highest BCUT2D eigenvalue weighted by molar-refractivity contribution is 9.10. The molecule has 1 fully saturated rings. The number of pyridine rings is 1. The van der Waals surface area contributed by atoms with E-state index in [4.69, 9.17) is 0 Å². The highest BCUT2D eigenvalue weighted by atomic mass is 79.9. The van der Waals surface area contributed by atoms with E-state index < -0.39 is 6.36 Å². The van der Waals surface area contributed by atoms with Gasteiger partial charge in [-0.2, -0.15) is 5.10 Å². The average Bonchev–Trinajstić information content (AvgIpc) is 3.27. The Bertz CT molecular complexity index is 1070. The van der Waals surface area contributed by atoms with Gasteiger partial charge in [0.1, 0.15) is 5.75 Å². The number of aromatic nitrogens is 3. The first-order chi connectivity index (χ1) is 14.3. The summed E-state index contributed by atoms with van der Waals surface area (Å²) in [5.74, 6) is 0.0875. The van der Waals surface area contributed by atoms with Crippen molar-refractivity contribution >= 4 is 21.8 Å². The number of rotatable bonds is 5. The summed E-state index contributed by atoms with van der Waals surface area (Å²) >= 11 is 3.24. The topological polar surface area (TPSA) is 72.3 Å². The SMILES string of the molecule is O=C1CN(Cc2cc(-c3cc(Br)cc(OC(F)(F)F)c3)n(-c3ccccn3)n2)CN1. The molecule has 0 aliphatic carbocycles. The van der Waals surface area contributed by atoms with Crippen LogP contribution in [0.4, 0.5) is 13.2 Å². The Morgan fingerprint density at radius 3 is 2.70 bits per heavy atom. The number of carbonyl (C=O) groups is 1. The van der Waals surface area contributed by atoms with Gasteiger partial charge >= 0.3 is 6.36 Å². The number of hydrogen-bond acceptors (Lipinski definition) is 5. The highest BCUT2D eigenvalue weighted by Gasteiger charge is 2.31. The molecule has 0 spiro atoms. The van der Waals surface area contributed by atoms with Gasteiger partial charge in [-0.15, -0.1) is 13.2 Å². The van der Waals surface area contributed by atoms with E-state index in [9.17, 15) is 18.0 Å². The molecule has 30 heavy (non-hydrogen) atoms. The van der Waals surface area contributed by atoms with Crippen LogP contribution in [0.1, 0.15) is 5.69 Å². The molecule has 0 radical (unpaired) electrons. The second-order valence-electron chi connectivity index (χ2n) is 6.59. The summed E-state index contributed by atoms with van der Waals surface area (Å²) in [5.41, 5.74) is 1.64. The van der Waals surface area contributed by atoms with Crippen LogP contribution in [0.3, 0.4) is 0 Å². The summed E-state index contributed by atoms with van der Waals surface area (Å²) in [4.78, 5) is 17.6. The van der Waals surface area contributed by atoms with Crippen LogP contribution < -0.4 is 10.1 Å². The van der Waals surface area contributed by atoms with Crippen molar-refractivity contribution in [2.45, 2.75) is 12.9 Å². The fourth-order valence-electron chi connectivity index (χ4n) is 3.13.